The number of aliphatic hydroxyl groups excluding tert-OH is 1. The Balaban J connectivity index is 1.82. The highest BCUT2D eigenvalue weighted by atomic mass is 35.5. The maximum atomic E-state index is 11.9. The molecule has 2 rings (SSSR count). The zero-order valence-electron chi connectivity index (χ0n) is 11.7. The van der Waals surface area contributed by atoms with Crippen molar-refractivity contribution in [3.05, 3.63) is 28.8 Å². The zero-order valence-corrected chi connectivity index (χ0v) is 12.4. The Morgan fingerprint density at radius 2 is 2.25 bits per heavy atom. The van der Waals surface area contributed by atoms with Crippen LogP contribution in [0.25, 0.3) is 0 Å². The van der Waals surface area contributed by atoms with Crippen LogP contribution in [0, 0.1) is 12.8 Å². The van der Waals surface area contributed by atoms with E-state index in [0.717, 1.165) is 36.9 Å². The molecule has 2 amide bonds. The van der Waals surface area contributed by atoms with Crippen LogP contribution in [0.15, 0.2) is 18.2 Å². The van der Waals surface area contributed by atoms with Crippen molar-refractivity contribution in [2.24, 2.45) is 5.92 Å². The number of carbonyl (C=O) groups is 1. The third-order valence-corrected chi connectivity index (χ3v) is 3.99. The Kier molecular flexibility index (Phi) is 5.26. The fourth-order valence-electron chi connectivity index (χ4n) is 2.58. The summed E-state index contributed by atoms with van der Waals surface area (Å²) in [5.41, 5.74) is 1.69. The number of anilines is 1. The molecule has 1 fully saturated rings. The average molecular weight is 297 g/mol. The lowest BCUT2D eigenvalue weighted by Crippen LogP contribution is -2.35. The van der Waals surface area contributed by atoms with Gasteiger partial charge in [0.05, 0.1) is 6.10 Å². The third kappa shape index (κ3) is 4.39. The SMILES string of the molecule is Cc1ccc(Cl)cc1NC(=O)NCC1CCCC(O)C1. The molecule has 2 atom stereocenters. The number of carbonyl (C=O) groups excluding carboxylic acids is 1. The fourth-order valence-corrected chi connectivity index (χ4v) is 2.75. The largest absolute Gasteiger partial charge is 0.393 e. The van der Waals surface area contributed by atoms with E-state index in [4.69, 9.17) is 11.6 Å². The lowest BCUT2D eigenvalue weighted by molar-refractivity contribution is 0.101. The first-order chi connectivity index (χ1) is 9.54. The fraction of sp³-hybridized carbons (Fsp3) is 0.533. The van der Waals surface area contributed by atoms with Gasteiger partial charge in [-0.3, -0.25) is 0 Å². The molecule has 0 spiro atoms. The number of aryl methyl sites for hydroxylation is 1. The number of hydrogen-bond donors (Lipinski definition) is 3. The number of amides is 2. The van der Waals surface area contributed by atoms with E-state index in [0.29, 0.717) is 17.5 Å². The van der Waals surface area contributed by atoms with Crippen LogP contribution in [0.4, 0.5) is 10.5 Å². The van der Waals surface area contributed by atoms with Crippen molar-refractivity contribution < 1.29 is 9.90 Å². The van der Waals surface area contributed by atoms with Crippen LogP contribution >= 0.6 is 11.6 Å². The van der Waals surface area contributed by atoms with Gasteiger partial charge in [-0.15, -0.1) is 0 Å². The molecule has 1 saturated carbocycles. The van der Waals surface area contributed by atoms with Crippen molar-refractivity contribution in [2.75, 3.05) is 11.9 Å². The van der Waals surface area contributed by atoms with Gasteiger partial charge in [0.1, 0.15) is 0 Å². The number of rotatable bonds is 3. The van der Waals surface area contributed by atoms with Gasteiger partial charge in [-0.1, -0.05) is 24.1 Å². The molecule has 0 aromatic heterocycles. The van der Waals surface area contributed by atoms with Crippen LogP contribution in [0.2, 0.25) is 5.02 Å². The molecule has 2 unspecified atom stereocenters. The van der Waals surface area contributed by atoms with E-state index in [1.165, 1.54) is 0 Å². The van der Waals surface area contributed by atoms with Gasteiger partial charge >= 0.3 is 6.03 Å². The predicted molar refractivity (Wildman–Crippen MR) is 81.2 cm³/mol. The minimum absolute atomic E-state index is 0.214. The second-order valence-electron chi connectivity index (χ2n) is 5.48. The monoisotopic (exact) mass is 296 g/mol. The number of aliphatic hydroxyl groups is 1. The van der Waals surface area contributed by atoms with Crippen molar-refractivity contribution >= 4 is 23.3 Å². The van der Waals surface area contributed by atoms with Crippen molar-refractivity contribution in [2.45, 2.75) is 38.7 Å². The van der Waals surface area contributed by atoms with E-state index >= 15 is 0 Å². The summed E-state index contributed by atoms with van der Waals surface area (Å²) in [6.45, 7) is 2.52. The summed E-state index contributed by atoms with van der Waals surface area (Å²) in [4.78, 5) is 11.9. The Morgan fingerprint density at radius 3 is 3.00 bits per heavy atom. The summed E-state index contributed by atoms with van der Waals surface area (Å²) in [6, 6.07) is 5.18. The smallest absolute Gasteiger partial charge is 0.319 e. The van der Waals surface area contributed by atoms with E-state index < -0.39 is 0 Å². The van der Waals surface area contributed by atoms with E-state index in [-0.39, 0.29) is 12.1 Å². The van der Waals surface area contributed by atoms with Crippen LogP contribution in [-0.2, 0) is 0 Å². The van der Waals surface area contributed by atoms with Crippen LogP contribution < -0.4 is 10.6 Å². The molecular weight excluding hydrogens is 276 g/mol. The first kappa shape index (κ1) is 15.1. The molecule has 20 heavy (non-hydrogen) atoms. The van der Waals surface area contributed by atoms with Crippen molar-refractivity contribution in [3.63, 3.8) is 0 Å². The number of nitrogens with one attached hydrogen (secondary N) is 2. The highest BCUT2D eigenvalue weighted by Gasteiger charge is 2.20. The van der Waals surface area contributed by atoms with Gasteiger partial charge in [-0.25, -0.2) is 4.79 Å². The lowest BCUT2D eigenvalue weighted by atomic mass is 9.87. The standard InChI is InChI=1S/C15H21ClN2O2/c1-10-5-6-12(16)8-14(10)18-15(20)17-9-11-3-2-4-13(19)7-11/h5-6,8,11,13,19H,2-4,7,9H2,1H3,(H2,17,18,20). The van der Waals surface area contributed by atoms with Crippen LogP contribution in [0.3, 0.4) is 0 Å². The van der Waals surface area contributed by atoms with Gasteiger partial charge in [-0.05, 0) is 49.8 Å². The third-order valence-electron chi connectivity index (χ3n) is 3.75. The van der Waals surface area contributed by atoms with E-state index in [2.05, 4.69) is 10.6 Å². The normalized spacial score (nSPS) is 22.4. The maximum Gasteiger partial charge on any atom is 0.319 e. The van der Waals surface area contributed by atoms with Crippen LogP contribution in [0.1, 0.15) is 31.2 Å². The average Bonchev–Trinajstić information content (AvgIpc) is 2.41. The van der Waals surface area contributed by atoms with Gasteiger partial charge < -0.3 is 15.7 Å². The number of halogens is 1. The minimum atomic E-state index is -0.226. The van der Waals surface area contributed by atoms with E-state index in [1.54, 1.807) is 12.1 Å². The molecule has 0 radical (unpaired) electrons. The number of benzene rings is 1. The maximum absolute atomic E-state index is 11.9. The molecule has 3 N–H and O–H groups in total. The summed E-state index contributed by atoms with van der Waals surface area (Å²) in [6.07, 6.45) is 3.53. The first-order valence-electron chi connectivity index (χ1n) is 7.03. The molecule has 1 aliphatic rings. The van der Waals surface area contributed by atoms with Gasteiger partial charge in [-0.2, -0.15) is 0 Å². The summed E-state index contributed by atoms with van der Waals surface area (Å²) in [5, 5.41) is 15.9. The zero-order chi connectivity index (χ0) is 14.5. The van der Waals surface area contributed by atoms with Gasteiger partial charge in [0.25, 0.3) is 0 Å². The van der Waals surface area contributed by atoms with Crippen LogP contribution in [0.5, 0.6) is 0 Å². The highest BCUT2D eigenvalue weighted by Crippen LogP contribution is 2.23. The van der Waals surface area contributed by atoms with Gasteiger partial charge in [0, 0.05) is 17.3 Å². The molecule has 0 bridgehead atoms. The Hall–Kier alpha value is -1.26. The van der Waals surface area contributed by atoms with Crippen molar-refractivity contribution in [1.29, 1.82) is 0 Å². The summed E-state index contributed by atoms with van der Waals surface area (Å²) >= 11 is 5.92. The molecule has 4 nitrogen and oxygen atoms in total. The Morgan fingerprint density at radius 1 is 1.45 bits per heavy atom. The number of urea groups is 1. The lowest BCUT2D eigenvalue weighted by Gasteiger charge is -2.25. The van der Waals surface area contributed by atoms with E-state index in [9.17, 15) is 9.90 Å². The molecule has 110 valence electrons. The molecule has 0 heterocycles. The molecule has 0 saturated heterocycles. The van der Waals surface area contributed by atoms with Crippen molar-refractivity contribution in [1.82, 2.24) is 5.32 Å². The van der Waals surface area contributed by atoms with Gasteiger partial charge in [0.15, 0.2) is 0 Å². The van der Waals surface area contributed by atoms with E-state index in [1.807, 2.05) is 13.0 Å². The number of hydrogen-bond acceptors (Lipinski definition) is 2. The molecular formula is C15H21ClN2O2. The van der Waals surface area contributed by atoms with Crippen LogP contribution in [-0.4, -0.2) is 23.8 Å². The second-order valence-corrected chi connectivity index (χ2v) is 5.92. The molecule has 1 aromatic rings. The summed E-state index contributed by atoms with van der Waals surface area (Å²) in [5.74, 6) is 0.366. The topological polar surface area (TPSA) is 61.4 Å². The van der Waals surface area contributed by atoms with Crippen molar-refractivity contribution in [3.8, 4) is 0 Å². The molecule has 0 aliphatic heterocycles. The second kappa shape index (κ2) is 6.95. The summed E-state index contributed by atoms with van der Waals surface area (Å²) < 4.78 is 0. The quantitative estimate of drug-likeness (QED) is 0.801. The highest BCUT2D eigenvalue weighted by molar-refractivity contribution is 6.31. The predicted octanol–water partition coefficient (Wildman–Crippen LogP) is 3.32. The minimum Gasteiger partial charge on any atom is -0.393 e. The summed E-state index contributed by atoms with van der Waals surface area (Å²) in [7, 11) is 0. The van der Waals surface area contributed by atoms with Gasteiger partial charge in [0.2, 0.25) is 0 Å². The molecule has 5 heteroatoms. The Bertz CT molecular complexity index is 479. The molecule has 1 aliphatic carbocycles. The first-order valence-corrected chi connectivity index (χ1v) is 7.41. The molecule has 1 aromatic carbocycles. The Labute approximate surface area is 124 Å².